The highest BCUT2D eigenvalue weighted by Crippen LogP contribution is 2.48. The second kappa shape index (κ2) is 4.41. The third kappa shape index (κ3) is 2.10. The predicted octanol–water partition coefficient (Wildman–Crippen LogP) is -0.918. The number of hydrogen-bond acceptors (Lipinski definition) is 5. The zero-order valence-electron chi connectivity index (χ0n) is 9.84. The van der Waals surface area contributed by atoms with Crippen LogP contribution in [-0.4, -0.2) is 43.2 Å². The highest BCUT2D eigenvalue weighted by molar-refractivity contribution is 6.24. The first-order valence-corrected chi connectivity index (χ1v) is 5.76. The second-order valence-corrected chi connectivity index (χ2v) is 5.30. The van der Waals surface area contributed by atoms with Crippen LogP contribution in [0.3, 0.4) is 0 Å². The lowest BCUT2D eigenvalue weighted by Gasteiger charge is -2.26. The monoisotopic (exact) mass is 294 g/mol. The number of halogens is 2. The van der Waals surface area contributed by atoms with Crippen LogP contribution in [0.4, 0.5) is 4.39 Å². The number of aromatic nitrogens is 2. The van der Waals surface area contributed by atoms with Crippen LogP contribution in [-0.2, 0) is 4.74 Å². The van der Waals surface area contributed by atoms with E-state index in [2.05, 4.69) is 0 Å². The summed E-state index contributed by atoms with van der Waals surface area (Å²) in [5.41, 5.74) is -1.50. The summed E-state index contributed by atoms with van der Waals surface area (Å²) in [6.07, 6.45) is -2.16. The van der Waals surface area contributed by atoms with Crippen molar-refractivity contribution in [3.8, 4) is 0 Å². The van der Waals surface area contributed by atoms with Crippen LogP contribution in [0.2, 0.25) is 0 Å². The van der Waals surface area contributed by atoms with Crippen LogP contribution in [0.25, 0.3) is 0 Å². The lowest BCUT2D eigenvalue weighted by atomic mass is 10.00. The van der Waals surface area contributed by atoms with Gasteiger partial charge in [-0.15, -0.1) is 11.6 Å². The molecule has 19 heavy (non-hydrogen) atoms. The van der Waals surface area contributed by atoms with Gasteiger partial charge >= 0.3 is 5.69 Å². The van der Waals surface area contributed by atoms with Crippen molar-refractivity contribution in [3.05, 3.63) is 33.1 Å². The van der Waals surface area contributed by atoms with E-state index in [0.29, 0.717) is 0 Å². The van der Waals surface area contributed by atoms with Gasteiger partial charge in [-0.3, -0.25) is 14.3 Å². The molecule has 1 aliphatic heterocycles. The Morgan fingerprint density at radius 1 is 1.63 bits per heavy atom. The number of aromatic amines is 1. The van der Waals surface area contributed by atoms with Crippen molar-refractivity contribution in [3.63, 3.8) is 0 Å². The molecule has 3 N–H and O–H groups in total. The van der Waals surface area contributed by atoms with Crippen LogP contribution in [0, 0.1) is 0 Å². The Morgan fingerprint density at radius 3 is 2.74 bits per heavy atom. The zero-order valence-corrected chi connectivity index (χ0v) is 10.6. The number of alkyl halides is 2. The van der Waals surface area contributed by atoms with Crippen LogP contribution < -0.4 is 11.2 Å². The molecule has 1 aromatic heterocycles. The number of aliphatic hydroxyl groups is 2. The van der Waals surface area contributed by atoms with Gasteiger partial charge in [-0.2, -0.15) is 0 Å². The average Bonchev–Trinajstić information content (AvgIpc) is 2.51. The van der Waals surface area contributed by atoms with Gasteiger partial charge in [0.15, 0.2) is 6.23 Å². The van der Waals surface area contributed by atoms with E-state index in [9.17, 15) is 19.1 Å². The van der Waals surface area contributed by atoms with Gasteiger partial charge in [-0.05, 0) is 6.92 Å². The highest BCUT2D eigenvalue weighted by Gasteiger charge is 2.62. The molecule has 1 saturated heterocycles. The van der Waals surface area contributed by atoms with Crippen molar-refractivity contribution in [1.82, 2.24) is 9.55 Å². The average molecular weight is 295 g/mol. The minimum atomic E-state index is -2.78. The van der Waals surface area contributed by atoms with Gasteiger partial charge in [-0.1, -0.05) is 0 Å². The van der Waals surface area contributed by atoms with E-state index in [0.717, 1.165) is 16.8 Å². The molecule has 7 nitrogen and oxygen atoms in total. The highest BCUT2D eigenvalue weighted by atomic mass is 35.5. The Hall–Kier alpha value is -1.22. The molecule has 0 radical (unpaired) electrons. The van der Waals surface area contributed by atoms with Crippen molar-refractivity contribution < 1.29 is 19.3 Å². The van der Waals surface area contributed by atoms with Gasteiger partial charge in [0.1, 0.15) is 17.6 Å². The summed E-state index contributed by atoms with van der Waals surface area (Å²) in [5.74, 6) is -2.78. The van der Waals surface area contributed by atoms with E-state index < -0.39 is 40.9 Å². The largest absolute Gasteiger partial charge is 0.390 e. The fraction of sp³-hybridized carbons (Fsp3) is 0.600. The Bertz CT molecular complexity index is 600. The van der Waals surface area contributed by atoms with Gasteiger partial charge < -0.3 is 14.9 Å². The van der Waals surface area contributed by atoms with Crippen molar-refractivity contribution >= 4 is 11.6 Å². The molecule has 0 aliphatic carbocycles. The number of H-pyrrole nitrogens is 1. The smallest absolute Gasteiger partial charge is 0.330 e. The van der Waals surface area contributed by atoms with Crippen molar-refractivity contribution in [2.45, 2.75) is 30.0 Å². The predicted molar refractivity (Wildman–Crippen MR) is 62.6 cm³/mol. The van der Waals surface area contributed by atoms with Crippen molar-refractivity contribution in [1.29, 1.82) is 0 Å². The lowest BCUT2D eigenvalue weighted by molar-refractivity contribution is -0.207. The standard InChI is InChI=1S/C10H12ClFN2O5/c1-9(11)6(17)10(12,4-15)19-7(9)14-3-2-5(16)13-8(14)18/h2-3,6-7,15,17H,4H2,1H3,(H,13,16,18)/t6-,7+,9+,10+/m0/s1. The molecule has 0 amide bonds. The molecule has 4 atom stereocenters. The fourth-order valence-corrected chi connectivity index (χ4v) is 2.30. The maximum atomic E-state index is 14.1. The Kier molecular flexibility index (Phi) is 3.29. The molecule has 1 aromatic rings. The molecular weight excluding hydrogens is 283 g/mol. The van der Waals surface area contributed by atoms with E-state index in [1.165, 1.54) is 6.92 Å². The third-order valence-corrected chi connectivity index (χ3v) is 3.45. The van der Waals surface area contributed by atoms with Gasteiger partial charge in [0, 0.05) is 12.3 Å². The quantitative estimate of drug-likeness (QED) is 0.612. The molecule has 0 unspecified atom stereocenters. The summed E-state index contributed by atoms with van der Waals surface area (Å²) in [5, 5.41) is 18.7. The number of aliphatic hydroxyl groups excluding tert-OH is 2. The molecule has 1 aliphatic rings. The van der Waals surface area contributed by atoms with Gasteiger partial charge in [0.05, 0.1) is 0 Å². The first kappa shape index (κ1) is 14.2. The number of ether oxygens (including phenoxy) is 1. The summed E-state index contributed by atoms with van der Waals surface area (Å²) >= 11 is 6.02. The van der Waals surface area contributed by atoms with Crippen LogP contribution in [0.15, 0.2) is 21.9 Å². The summed E-state index contributed by atoms with van der Waals surface area (Å²) < 4.78 is 19.8. The number of hydrogen-bond donors (Lipinski definition) is 3. The maximum Gasteiger partial charge on any atom is 0.330 e. The SMILES string of the molecule is C[C@]1(Cl)[C@H](n2ccc(=O)[nH]c2=O)O[C@](F)(CO)[C@H]1O. The van der Waals surface area contributed by atoms with E-state index >= 15 is 0 Å². The fourth-order valence-electron chi connectivity index (χ4n) is 1.99. The van der Waals surface area contributed by atoms with E-state index in [1.54, 1.807) is 0 Å². The molecule has 106 valence electrons. The van der Waals surface area contributed by atoms with Crippen LogP contribution >= 0.6 is 11.6 Å². The van der Waals surface area contributed by atoms with Crippen LogP contribution in [0.1, 0.15) is 13.2 Å². The van der Waals surface area contributed by atoms with Gasteiger partial charge in [0.25, 0.3) is 11.4 Å². The Morgan fingerprint density at radius 2 is 2.26 bits per heavy atom. The summed E-state index contributed by atoms with van der Waals surface area (Å²) in [7, 11) is 0. The van der Waals surface area contributed by atoms with E-state index in [1.807, 2.05) is 4.98 Å². The van der Waals surface area contributed by atoms with Crippen molar-refractivity contribution in [2.75, 3.05) is 6.61 Å². The minimum absolute atomic E-state index is 0.634. The van der Waals surface area contributed by atoms with E-state index in [-0.39, 0.29) is 0 Å². The first-order chi connectivity index (χ1) is 8.72. The topological polar surface area (TPSA) is 105 Å². The molecule has 0 bridgehead atoms. The zero-order chi connectivity index (χ0) is 14.4. The second-order valence-electron chi connectivity index (χ2n) is 4.49. The van der Waals surface area contributed by atoms with Gasteiger partial charge in [0.2, 0.25) is 0 Å². The Balaban J connectivity index is 2.51. The maximum absolute atomic E-state index is 14.1. The molecule has 0 aromatic carbocycles. The number of nitrogens with one attached hydrogen (secondary N) is 1. The Labute approximate surface area is 111 Å². The molecule has 2 heterocycles. The molecule has 2 rings (SSSR count). The third-order valence-electron chi connectivity index (χ3n) is 3.05. The summed E-state index contributed by atoms with van der Waals surface area (Å²) in [6.45, 7) is 0.142. The first-order valence-electron chi connectivity index (χ1n) is 5.38. The number of rotatable bonds is 2. The van der Waals surface area contributed by atoms with Gasteiger partial charge in [-0.25, -0.2) is 9.18 Å². The summed E-state index contributed by atoms with van der Waals surface area (Å²) in [4.78, 5) is 22.8. The molecule has 0 spiro atoms. The molecule has 1 fully saturated rings. The normalized spacial score (nSPS) is 38.6. The van der Waals surface area contributed by atoms with E-state index in [4.69, 9.17) is 21.4 Å². The molecule has 9 heteroatoms. The lowest BCUT2D eigenvalue weighted by Crippen LogP contribution is -2.46. The molecular formula is C10H12ClFN2O5. The van der Waals surface area contributed by atoms with Crippen LogP contribution in [0.5, 0.6) is 0 Å². The minimum Gasteiger partial charge on any atom is -0.390 e. The summed E-state index contributed by atoms with van der Waals surface area (Å²) in [6, 6.07) is 1.03. The number of nitrogens with zero attached hydrogens (tertiary/aromatic N) is 1. The van der Waals surface area contributed by atoms with Crippen molar-refractivity contribution in [2.24, 2.45) is 0 Å². The molecule has 0 saturated carbocycles.